The molecule has 9 nitrogen and oxygen atoms in total. The Bertz CT molecular complexity index is 1220. The highest BCUT2D eigenvalue weighted by molar-refractivity contribution is 6.04. The highest BCUT2D eigenvalue weighted by atomic mass is 16.7. The Morgan fingerprint density at radius 1 is 1.17 bits per heavy atom. The number of hydrogen-bond donors (Lipinski definition) is 0. The molecular formula is C27H30O9. The average Bonchev–Trinajstić information content (AvgIpc) is 3.22. The molecule has 1 spiro atoms. The number of carbonyl (C=O) groups is 4. The largest absolute Gasteiger partial charge is 0.472 e. The summed E-state index contributed by atoms with van der Waals surface area (Å²) in [5.74, 6) is -2.22. The molecule has 4 heterocycles. The average molecular weight is 499 g/mol. The molecule has 192 valence electrons. The molecular weight excluding hydrogens is 468 g/mol. The zero-order chi connectivity index (χ0) is 26.3. The molecule has 2 saturated heterocycles. The second kappa shape index (κ2) is 7.65. The number of hydrogen-bond acceptors (Lipinski definition) is 9. The number of Topliss-reactive ketones (excluding diaryl/α,β-unsaturated/α-hetero) is 1. The number of esters is 3. The van der Waals surface area contributed by atoms with Crippen LogP contribution in [0.1, 0.15) is 57.8 Å². The molecule has 0 N–H and O–H groups in total. The van der Waals surface area contributed by atoms with Crippen LogP contribution in [0.5, 0.6) is 0 Å². The van der Waals surface area contributed by atoms with Gasteiger partial charge in [0.2, 0.25) is 0 Å². The number of rotatable bonds is 4. The zero-order valence-electron chi connectivity index (χ0n) is 21.2. The molecule has 5 rings (SSSR count). The van der Waals surface area contributed by atoms with Crippen LogP contribution in [0, 0.1) is 16.7 Å². The first-order chi connectivity index (χ1) is 16.8. The van der Waals surface area contributed by atoms with Gasteiger partial charge in [-0.25, -0.2) is 14.4 Å². The predicted octanol–water partition coefficient (Wildman–Crippen LogP) is 3.33. The zero-order valence-corrected chi connectivity index (χ0v) is 21.2. The second-order valence-electron chi connectivity index (χ2n) is 11.0. The van der Waals surface area contributed by atoms with E-state index in [0.29, 0.717) is 24.0 Å². The quantitative estimate of drug-likeness (QED) is 0.202. The summed E-state index contributed by atoms with van der Waals surface area (Å²) in [4.78, 5) is 52.5. The molecule has 36 heavy (non-hydrogen) atoms. The molecule has 0 radical (unpaired) electrons. The number of cyclic esters (lactones) is 2. The monoisotopic (exact) mass is 498 g/mol. The third-order valence-electron chi connectivity index (χ3n) is 8.87. The van der Waals surface area contributed by atoms with Gasteiger partial charge >= 0.3 is 17.9 Å². The lowest BCUT2D eigenvalue weighted by atomic mass is 9.45. The Labute approximate surface area is 208 Å². The molecule has 2 unspecified atom stereocenters. The summed E-state index contributed by atoms with van der Waals surface area (Å²) in [5, 5.41) is 0. The number of fused-ring (bicyclic) bond motifs is 2. The molecule has 1 aromatic heterocycles. The van der Waals surface area contributed by atoms with Gasteiger partial charge in [-0.1, -0.05) is 6.92 Å². The maximum atomic E-state index is 14.0. The number of carbonyl (C=O) groups excluding carboxylic acids is 4. The van der Waals surface area contributed by atoms with Crippen LogP contribution in [-0.4, -0.2) is 54.2 Å². The van der Waals surface area contributed by atoms with E-state index in [-0.39, 0.29) is 17.3 Å². The lowest BCUT2D eigenvalue weighted by molar-refractivity contribution is -0.172. The van der Waals surface area contributed by atoms with E-state index in [1.807, 2.05) is 13.8 Å². The SMILES string of the molecule is COC(=O)[C@@H]1O[C@@]12[C@](C)(C(=O)c1ccoc1)CCC1C(C)OC(=O)/C(=C\C3=CC(=O)OC3(C)C)[C@]12C. The summed E-state index contributed by atoms with van der Waals surface area (Å²) in [6.07, 6.45) is 5.12. The van der Waals surface area contributed by atoms with E-state index in [0.717, 1.165) is 0 Å². The van der Waals surface area contributed by atoms with Crippen LogP contribution in [0.15, 0.2) is 46.3 Å². The molecule has 9 heteroatoms. The molecule has 1 aliphatic carbocycles. The number of ketones is 1. The highest BCUT2D eigenvalue weighted by Gasteiger charge is 2.84. The van der Waals surface area contributed by atoms with Crippen LogP contribution < -0.4 is 0 Å². The van der Waals surface area contributed by atoms with Crippen molar-refractivity contribution in [2.24, 2.45) is 16.7 Å². The van der Waals surface area contributed by atoms with Gasteiger partial charge in [-0.3, -0.25) is 4.79 Å². The Kier molecular flexibility index (Phi) is 5.20. The predicted molar refractivity (Wildman–Crippen MR) is 123 cm³/mol. The van der Waals surface area contributed by atoms with Gasteiger partial charge in [-0.15, -0.1) is 0 Å². The number of methoxy groups -OCH3 is 1. The van der Waals surface area contributed by atoms with E-state index in [2.05, 4.69) is 0 Å². The van der Waals surface area contributed by atoms with E-state index in [1.165, 1.54) is 25.7 Å². The molecule has 1 saturated carbocycles. The van der Waals surface area contributed by atoms with Crippen molar-refractivity contribution in [3.63, 3.8) is 0 Å². The maximum absolute atomic E-state index is 14.0. The Morgan fingerprint density at radius 2 is 1.89 bits per heavy atom. The highest BCUT2D eigenvalue weighted by Crippen LogP contribution is 2.72. The van der Waals surface area contributed by atoms with E-state index in [9.17, 15) is 19.2 Å². The smallest absolute Gasteiger partial charge is 0.338 e. The van der Waals surface area contributed by atoms with Crippen LogP contribution >= 0.6 is 0 Å². The summed E-state index contributed by atoms with van der Waals surface area (Å²) in [7, 11) is 1.26. The van der Waals surface area contributed by atoms with E-state index < -0.39 is 52.1 Å². The first-order valence-electron chi connectivity index (χ1n) is 12.0. The van der Waals surface area contributed by atoms with Gasteiger partial charge in [-0.2, -0.15) is 0 Å². The third kappa shape index (κ3) is 2.98. The molecule has 1 aromatic rings. The van der Waals surface area contributed by atoms with Gasteiger partial charge in [0.25, 0.3) is 0 Å². The second-order valence-corrected chi connectivity index (χ2v) is 11.0. The van der Waals surface area contributed by atoms with Gasteiger partial charge in [-0.05, 0) is 52.7 Å². The fourth-order valence-corrected chi connectivity index (χ4v) is 6.90. The van der Waals surface area contributed by atoms with Crippen LogP contribution in [0.3, 0.4) is 0 Å². The van der Waals surface area contributed by atoms with Crippen LogP contribution in [-0.2, 0) is 33.3 Å². The molecule has 6 atom stereocenters. The molecule has 3 aliphatic heterocycles. The van der Waals surface area contributed by atoms with Crippen LogP contribution in [0.25, 0.3) is 0 Å². The van der Waals surface area contributed by atoms with Crippen molar-refractivity contribution in [2.75, 3.05) is 7.11 Å². The molecule has 0 amide bonds. The van der Waals surface area contributed by atoms with Gasteiger partial charge in [0.15, 0.2) is 11.9 Å². The fourth-order valence-electron chi connectivity index (χ4n) is 6.90. The minimum Gasteiger partial charge on any atom is -0.472 e. The Balaban J connectivity index is 1.74. The normalized spacial score (nSPS) is 39.8. The number of furan rings is 1. The minimum absolute atomic E-state index is 0.237. The van der Waals surface area contributed by atoms with Crippen molar-refractivity contribution in [2.45, 2.75) is 70.9 Å². The first-order valence-corrected chi connectivity index (χ1v) is 12.0. The van der Waals surface area contributed by atoms with Crippen molar-refractivity contribution >= 4 is 23.7 Å². The van der Waals surface area contributed by atoms with Crippen molar-refractivity contribution in [1.29, 1.82) is 0 Å². The molecule has 3 fully saturated rings. The van der Waals surface area contributed by atoms with Crippen LogP contribution in [0.2, 0.25) is 0 Å². The topological polar surface area (TPSA) is 122 Å². The van der Waals surface area contributed by atoms with Gasteiger partial charge in [0.05, 0.1) is 24.4 Å². The fraction of sp³-hybridized carbons (Fsp3) is 0.556. The first kappa shape index (κ1) is 24.5. The summed E-state index contributed by atoms with van der Waals surface area (Å²) in [6.45, 7) is 8.90. The summed E-state index contributed by atoms with van der Waals surface area (Å²) in [5.41, 5.74) is -3.60. The molecule has 0 bridgehead atoms. The molecule has 0 aromatic carbocycles. The van der Waals surface area contributed by atoms with Crippen molar-refractivity contribution in [3.05, 3.63) is 47.5 Å². The summed E-state index contributed by atoms with van der Waals surface area (Å²) < 4.78 is 27.7. The number of ether oxygens (including phenoxy) is 4. The standard InChI is InChI=1S/C27H30O9/c1-14-17-7-9-25(4,20(29)15-8-10-33-13-15)27(21(36-27)23(31)32-6)26(17,5)18(22(30)34-14)11-16-12-19(28)35-24(16,2)3/h8,10-14,17,21H,7,9H2,1-6H3/b18-11+/t14?,17?,21-,25-,26-,27+/m0/s1. The third-order valence-corrected chi connectivity index (χ3v) is 8.87. The van der Waals surface area contributed by atoms with Crippen molar-refractivity contribution < 1.29 is 42.5 Å². The summed E-state index contributed by atoms with van der Waals surface area (Å²) >= 11 is 0. The van der Waals surface area contributed by atoms with E-state index in [1.54, 1.807) is 32.9 Å². The summed E-state index contributed by atoms with van der Waals surface area (Å²) in [6, 6.07) is 1.58. The molecule has 4 aliphatic rings. The minimum atomic E-state index is -1.39. The van der Waals surface area contributed by atoms with Crippen LogP contribution in [0.4, 0.5) is 0 Å². The number of epoxide rings is 1. The van der Waals surface area contributed by atoms with Crippen molar-refractivity contribution in [1.82, 2.24) is 0 Å². The Morgan fingerprint density at radius 3 is 2.47 bits per heavy atom. The lowest BCUT2D eigenvalue weighted by Crippen LogP contribution is -2.66. The van der Waals surface area contributed by atoms with Crippen molar-refractivity contribution in [3.8, 4) is 0 Å². The van der Waals surface area contributed by atoms with Gasteiger partial charge in [0, 0.05) is 28.6 Å². The maximum Gasteiger partial charge on any atom is 0.338 e. The van der Waals surface area contributed by atoms with Gasteiger partial charge in [0.1, 0.15) is 23.6 Å². The van der Waals surface area contributed by atoms with Gasteiger partial charge < -0.3 is 23.4 Å². The van der Waals surface area contributed by atoms with E-state index >= 15 is 0 Å². The van der Waals surface area contributed by atoms with E-state index in [4.69, 9.17) is 23.4 Å². The lowest BCUT2D eigenvalue weighted by Gasteiger charge is -2.57. The Hall–Kier alpha value is -3.20.